The van der Waals surface area contributed by atoms with Gasteiger partial charge in [-0.05, 0) is 12.8 Å². The molecule has 0 unspecified atom stereocenters. The minimum atomic E-state index is -3.83. The van der Waals surface area contributed by atoms with Crippen molar-refractivity contribution in [1.82, 2.24) is 4.31 Å². The molecule has 0 aromatic carbocycles. The van der Waals surface area contributed by atoms with Crippen molar-refractivity contribution >= 4 is 16.0 Å². The van der Waals surface area contributed by atoms with E-state index in [0.717, 1.165) is 10.4 Å². The fourth-order valence-corrected chi connectivity index (χ4v) is 3.79. The quantitative estimate of drug-likeness (QED) is 0.846. The summed E-state index contributed by atoms with van der Waals surface area (Å²) in [6.07, 6.45) is 0. The van der Waals surface area contributed by atoms with Crippen LogP contribution in [0.3, 0.4) is 0 Å². The number of sulfonamides is 1. The Balaban J connectivity index is 2.27. The Bertz CT molecular complexity index is 639. The number of aryl methyl sites for hydroxylation is 1. The van der Waals surface area contributed by atoms with Gasteiger partial charge in [-0.15, -0.1) is 0 Å². The van der Waals surface area contributed by atoms with Crippen LogP contribution in [-0.2, 0) is 10.0 Å². The van der Waals surface area contributed by atoms with E-state index in [4.69, 9.17) is 9.52 Å². The summed E-state index contributed by atoms with van der Waals surface area (Å²) >= 11 is 0. The van der Waals surface area contributed by atoms with E-state index >= 15 is 0 Å². The van der Waals surface area contributed by atoms with Gasteiger partial charge >= 0.3 is 5.97 Å². The van der Waals surface area contributed by atoms with Gasteiger partial charge in [-0.2, -0.15) is 4.31 Å². The number of rotatable bonds is 4. The molecule has 2 rings (SSSR count). The number of furan rings is 1. The summed E-state index contributed by atoms with van der Waals surface area (Å²) < 4.78 is 30.7. The lowest BCUT2D eigenvalue weighted by Crippen LogP contribution is -2.65. The van der Waals surface area contributed by atoms with Crippen molar-refractivity contribution < 1.29 is 27.8 Å². The number of carboxylic acid groups (broad SMARTS) is 1. The monoisotopic (exact) mass is 303 g/mol. The van der Waals surface area contributed by atoms with Crippen molar-refractivity contribution in [2.45, 2.75) is 31.3 Å². The van der Waals surface area contributed by atoms with Crippen LogP contribution >= 0.6 is 0 Å². The van der Waals surface area contributed by atoms with E-state index in [1.807, 2.05) is 13.8 Å². The maximum atomic E-state index is 12.3. The Morgan fingerprint density at radius 2 is 2.00 bits per heavy atom. The van der Waals surface area contributed by atoms with Crippen molar-refractivity contribution in [2.75, 3.05) is 13.1 Å². The summed E-state index contributed by atoms with van der Waals surface area (Å²) in [6.45, 7) is 5.03. The molecule has 1 aromatic rings. The molecule has 0 atom stereocenters. The second-order valence-corrected chi connectivity index (χ2v) is 7.27. The SMILES string of the molecule is Cc1oc(C(=O)O)cc1S(=O)(=O)N1CC(O)(C(C)C)C1. The third kappa shape index (κ3) is 2.23. The number of carbonyl (C=O) groups is 1. The molecule has 0 saturated carbocycles. The first-order valence-electron chi connectivity index (χ1n) is 6.14. The van der Waals surface area contributed by atoms with E-state index < -0.39 is 27.4 Å². The van der Waals surface area contributed by atoms with Gasteiger partial charge in [0.2, 0.25) is 15.8 Å². The summed E-state index contributed by atoms with van der Waals surface area (Å²) in [4.78, 5) is 10.6. The van der Waals surface area contributed by atoms with Crippen LogP contribution in [-0.4, -0.2) is 47.6 Å². The topological polar surface area (TPSA) is 108 Å². The summed E-state index contributed by atoms with van der Waals surface area (Å²) in [5, 5.41) is 18.9. The highest BCUT2D eigenvalue weighted by atomic mass is 32.2. The van der Waals surface area contributed by atoms with Crippen LogP contribution in [0.5, 0.6) is 0 Å². The third-order valence-electron chi connectivity index (χ3n) is 3.68. The van der Waals surface area contributed by atoms with Crippen LogP contribution < -0.4 is 0 Å². The Morgan fingerprint density at radius 3 is 2.40 bits per heavy atom. The second kappa shape index (κ2) is 4.57. The van der Waals surface area contributed by atoms with Crippen molar-refractivity contribution in [1.29, 1.82) is 0 Å². The molecule has 7 nitrogen and oxygen atoms in total. The van der Waals surface area contributed by atoms with Crippen molar-refractivity contribution in [3.8, 4) is 0 Å². The van der Waals surface area contributed by atoms with Crippen molar-refractivity contribution in [2.24, 2.45) is 5.92 Å². The smallest absolute Gasteiger partial charge is 0.371 e. The van der Waals surface area contributed by atoms with Crippen molar-refractivity contribution in [3.05, 3.63) is 17.6 Å². The van der Waals surface area contributed by atoms with Gasteiger partial charge in [0.1, 0.15) is 10.7 Å². The van der Waals surface area contributed by atoms with Crippen LogP contribution in [0.25, 0.3) is 0 Å². The number of aromatic carboxylic acids is 1. The van der Waals surface area contributed by atoms with E-state index in [1.54, 1.807) is 0 Å². The molecule has 1 aliphatic heterocycles. The lowest BCUT2D eigenvalue weighted by molar-refractivity contribution is -0.0932. The number of β-amino-alcohol motifs (C(OH)–C–C–N with tert-alkyl or cyclic N) is 1. The molecule has 8 heteroatoms. The van der Waals surface area contributed by atoms with Crippen LogP contribution in [0.1, 0.15) is 30.2 Å². The Morgan fingerprint density at radius 1 is 1.45 bits per heavy atom. The highest BCUT2D eigenvalue weighted by Crippen LogP contribution is 2.34. The lowest BCUT2D eigenvalue weighted by atomic mass is 9.85. The largest absolute Gasteiger partial charge is 0.475 e. The first-order chi connectivity index (χ1) is 9.08. The number of hydrogen-bond acceptors (Lipinski definition) is 5. The molecule has 0 aliphatic carbocycles. The van der Waals surface area contributed by atoms with Crippen LogP contribution in [0.4, 0.5) is 0 Å². The molecule has 0 amide bonds. The molecular formula is C12H17NO6S. The van der Waals surface area contributed by atoms with E-state index in [0.29, 0.717) is 0 Å². The second-order valence-electron chi connectivity index (χ2n) is 5.37. The minimum Gasteiger partial charge on any atom is -0.475 e. The molecule has 0 radical (unpaired) electrons. The molecule has 1 aliphatic rings. The maximum absolute atomic E-state index is 12.3. The summed E-state index contributed by atoms with van der Waals surface area (Å²) in [5.41, 5.74) is -1.03. The van der Waals surface area contributed by atoms with Crippen LogP contribution in [0, 0.1) is 12.8 Å². The zero-order chi connectivity index (χ0) is 15.3. The minimum absolute atomic E-state index is 0.0000246. The van der Waals surface area contributed by atoms with Gasteiger partial charge in [0.05, 0.1) is 5.60 Å². The first-order valence-corrected chi connectivity index (χ1v) is 7.58. The number of nitrogens with zero attached hydrogens (tertiary/aromatic N) is 1. The lowest BCUT2D eigenvalue weighted by Gasteiger charge is -2.47. The van der Waals surface area contributed by atoms with Crippen molar-refractivity contribution in [3.63, 3.8) is 0 Å². The highest BCUT2D eigenvalue weighted by molar-refractivity contribution is 7.89. The molecule has 20 heavy (non-hydrogen) atoms. The van der Waals surface area contributed by atoms with Gasteiger partial charge < -0.3 is 14.6 Å². The van der Waals surface area contributed by atoms with E-state index in [-0.39, 0.29) is 29.7 Å². The summed E-state index contributed by atoms with van der Waals surface area (Å²) in [6, 6.07) is 1.000. The number of hydrogen-bond donors (Lipinski definition) is 2. The summed E-state index contributed by atoms with van der Waals surface area (Å²) in [5.74, 6) is -1.77. The zero-order valence-corrected chi connectivity index (χ0v) is 12.3. The average molecular weight is 303 g/mol. The van der Waals surface area contributed by atoms with Gasteiger partial charge in [0.15, 0.2) is 0 Å². The van der Waals surface area contributed by atoms with E-state index in [1.165, 1.54) is 6.92 Å². The Hall–Kier alpha value is -1.38. The fraction of sp³-hybridized carbons (Fsp3) is 0.583. The van der Waals surface area contributed by atoms with E-state index in [2.05, 4.69) is 0 Å². The standard InChI is InChI=1S/C12H17NO6S/c1-7(2)12(16)5-13(6-12)20(17,18)10-4-9(11(14)15)19-8(10)3/h4,7,16H,5-6H2,1-3H3,(H,14,15). The highest BCUT2D eigenvalue weighted by Gasteiger charge is 2.49. The van der Waals surface area contributed by atoms with Gasteiger partial charge in [0.25, 0.3) is 0 Å². The normalized spacial score (nSPS) is 19.1. The third-order valence-corrected chi connectivity index (χ3v) is 5.58. The van der Waals surface area contributed by atoms with E-state index in [9.17, 15) is 18.3 Å². The fourth-order valence-electron chi connectivity index (χ4n) is 2.07. The molecule has 2 heterocycles. The van der Waals surface area contributed by atoms with Gasteiger partial charge in [-0.3, -0.25) is 0 Å². The Labute approximate surface area is 116 Å². The maximum Gasteiger partial charge on any atom is 0.371 e. The Kier molecular flexibility index (Phi) is 3.43. The number of aliphatic hydroxyl groups is 1. The molecular weight excluding hydrogens is 286 g/mol. The zero-order valence-electron chi connectivity index (χ0n) is 11.5. The molecule has 0 spiro atoms. The molecule has 0 bridgehead atoms. The molecule has 112 valence electrons. The van der Waals surface area contributed by atoms with Crippen LogP contribution in [0.2, 0.25) is 0 Å². The van der Waals surface area contributed by atoms with Gasteiger partial charge in [-0.1, -0.05) is 13.8 Å². The molecule has 1 fully saturated rings. The van der Waals surface area contributed by atoms with Gasteiger partial charge in [-0.25, -0.2) is 13.2 Å². The molecule has 2 N–H and O–H groups in total. The summed E-state index contributed by atoms with van der Waals surface area (Å²) in [7, 11) is -3.83. The van der Waals surface area contributed by atoms with Gasteiger partial charge in [0, 0.05) is 19.2 Å². The molecule has 1 aromatic heterocycles. The predicted octanol–water partition coefficient (Wildman–Crippen LogP) is 0.678. The number of carboxylic acids is 1. The molecule has 1 saturated heterocycles. The van der Waals surface area contributed by atoms with Crippen LogP contribution in [0.15, 0.2) is 15.4 Å². The average Bonchev–Trinajstić information content (AvgIpc) is 2.67. The first kappa shape index (κ1) is 15.0. The predicted molar refractivity (Wildman–Crippen MR) is 69.0 cm³/mol.